The zero-order chi connectivity index (χ0) is 19.3. The van der Waals surface area contributed by atoms with Crippen LogP contribution in [0, 0.1) is 20.8 Å². The molecule has 0 amide bonds. The Balaban J connectivity index is 0.00000225. The monoisotopic (exact) mass is 446 g/mol. The van der Waals surface area contributed by atoms with Crippen LogP contribution < -0.4 is 0 Å². The Bertz CT molecular complexity index is 1040. The zero-order valence-corrected chi connectivity index (χ0v) is 20.2. The maximum atomic E-state index is 5.89. The minimum Gasteiger partial charge on any atom is -0.462 e. The third kappa shape index (κ3) is 3.77. The predicted octanol–water partition coefficient (Wildman–Crippen LogP) is 7.26. The van der Waals surface area contributed by atoms with Gasteiger partial charge in [0.25, 0.3) is 0 Å². The summed E-state index contributed by atoms with van der Waals surface area (Å²) in [5.74, 6) is 1.96. The number of hydrogen-bond acceptors (Lipinski definition) is 1. The summed E-state index contributed by atoms with van der Waals surface area (Å²) >= 11 is 0. The second kappa shape index (κ2) is 7.64. The van der Waals surface area contributed by atoms with Gasteiger partial charge in [-0.1, -0.05) is 51.1 Å². The van der Waals surface area contributed by atoms with Gasteiger partial charge in [-0.15, -0.1) is 0 Å². The number of rotatable bonds is 2. The molecule has 0 spiro atoms. The van der Waals surface area contributed by atoms with Crippen LogP contribution in [0.15, 0.2) is 46.9 Å². The first-order valence-electron chi connectivity index (χ1n) is 9.75. The maximum Gasteiger partial charge on any atom is 0.130 e. The molecule has 1 aromatic heterocycles. The number of benzene rings is 2. The number of allylic oxidation sites excluding steroid dienone is 1. The van der Waals surface area contributed by atoms with E-state index in [9.17, 15) is 0 Å². The Hall–Kier alpha value is -1.66. The van der Waals surface area contributed by atoms with Gasteiger partial charge in [0.1, 0.15) is 11.5 Å². The van der Waals surface area contributed by atoms with Gasteiger partial charge in [0.05, 0.1) is 0 Å². The van der Waals surface area contributed by atoms with E-state index in [0.717, 1.165) is 17.9 Å². The van der Waals surface area contributed by atoms with Gasteiger partial charge in [-0.25, -0.2) is 0 Å². The molecule has 2 heteroatoms. The molecule has 0 aliphatic heterocycles. The van der Waals surface area contributed by atoms with E-state index in [1.807, 2.05) is 13.0 Å². The number of aryl methyl sites for hydroxylation is 2. The first-order chi connectivity index (χ1) is 12.7. The molecule has 1 aliphatic carbocycles. The molecule has 2 aromatic carbocycles. The molecule has 0 radical (unpaired) electrons. The molecule has 0 saturated heterocycles. The average molecular weight is 448 g/mol. The maximum absolute atomic E-state index is 5.89. The Morgan fingerprint density at radius 1 is 0.893 bits per heavy atom. The van der Waals surface area contributed by atoms with Crippen molar-refractivity contribution in [3.05, 3.63) is 81.8 Å². The van der Waals surface area contributed by atoms with Crippen molar-refractivity contribution in [2.75, 3.05) is 0 Å². The van der Waals surface area contributed by atoms with Crippen molar-refractivity contribution in [2.24, 2.45) is 0 Å². The molecule has 0 atom stereocenters. The first-order valence-corrected chi connectivity index (χ1v) is 9.75. The molecule has 0 fully saturated rings. The summed E-state index contributed by atoms with van der Waals surface area (Å²) in [5.41, 5.74) is 11.0. The summed E-state index contributed by atoms with van der Waals surface area (Å²) in [6.07, 6.45) is 3.27. The summed E-state index contributed by atoms with van der Waals surface area (Å²) in [6, 6.07) is 15.6. The van der Waals surface area contributed by atoms with Crippen LogP contribution in [0.3, 0.4) is 0 Å². The molecule has 142 valence electrons. The number of hydrogen-bond donors (Lipinski definition) is 0. The molecule has 0 unspecified atom stereocenters. The Morgan fingerprint density at radius 2 is 1.57 bits per heavy atom. The summed E-state index contributed by atoms with van der Waals surface area (Å²) in [4.78, 5) is 0. The van der Waals surface area contributed by atoms with Crippen LogP contribution in [0.25, 0.3) is 22.8 Å². The minimum atomic E-state index is 0. The van der Waals surface area contributed by atoms with E-state index in [4.69, 9.17) is 4.42 Å². The largest absolute Gasteiger partial charge is 0.462 e. The predicted molar refractivity (Wildman–Crippen MR) is 115 cm³/mol. The van der Waals surface area contributed by atoms with E-state index in [-0.39, 0.29) is 31.6 Å². The fourth-order valence-electron chi connectivity index (χ4n) is 4.02. The van der Waals surface area contributed by atoms with Crippen LogP contribution in [-0.4, -0.2) is 0 Å². The third-order valence-corrected chi connectivity index (χ3v) is 5.77. The van der Waals surface area contributed by atoms with E-state index < -0.39 is 0 Å². The van der Waals surface area contributed by atoms with Crippen molar-refractivity contribution < 1.29 is 30.6 Å². The van der Waals surface area contributed by atoms with Crippen molar-refractivity contribution in [1.29, 1.82) is 0 Å². The average Bonchev–Trinajstić information content (AvgIpc) is 3.21. The Morgan fingerprint density at radius 3 is 2.14 bits per heavy atom. The van der Waals surface area contributed by atoms with E-state index in [1.54, 1.807) is 0 Å². The quantitative estimate of drug-likeness (QED) is 0.403. The molecule has 28 heavy (non-hydrogen) atoms. The summed E-state index contributed by atoms with van der Waals surface area (Å²) < 4.78 is 5.89. The molecule has 3 aromatic rings. The van der Waals surface area contributed by atoms with Gasteiger partial charge in [-0.2, -0.15) is 0 Å². The van der Waals surface area contributed by atoms with Gasteiger partial charge in [0.15, 0.2) is 0 Å². The van der Waals surface area contributed by atoms with Crippen LogP contribution >= 0.6 is 0 Å². The second-order valence-electron chi connectivity index (χ2n) is 8.85. The standard InChI is InChI=1S/C26H28O.Zr/c1-16-13-20-14-21(24-12-7-17(2)27-24)15-23(20)25(18(16)3)19-8-10-22(11-9-19)26(4,5)6;/h7-13,15H,14H2,1-6H3;. The van der Waals surface area contributed by atoms with E-state index >= 15 is 0 Å². The summed E-state index contributed by atoms with van der Waals surface area (Å²) in [7, 11) is 0. The minimum absolute atomic E-state index is 0. The van der Waals surface area contributed by atoms with Crippen LogP contribution in [0.1, 0.15) is 60.1 Å². The Kier molecular flexibility index (Phi) is 5.75. The molecule has 1 aliphatic rings. The molecule has 1 heterocycles. The molecule has 0 bridgehead atoms. The van der Waals surface area contributed by atoms with Crippen molar-refractivity contribution in [1.82, 2.24) is 0 Å². The fraction of sp³-hybridized carbons (Fsp3) is 0.308. The van der Waals surface area contributed by atoms with E-state index in [2.05, 4.69) is 77.1 Å². The molecular formula is C26H28OZr. The van der Waals surface area contributed by atoms with Crippen molar-refractivity contribution >= 4 is 11.6 Å². The van der Waals surface area contributed by atoms with Crippen LogP contribution in [0.2, 0.25) is 0 Å². The van der Waals surface area contributed by atoms with Gasteiger partial charge < -0.3 is 4.42 Å². The van der Waals surface area contributed by atoms with Gasteiger partial charge >= 0.3 is 0 Å². The van der Waals surface area contributed by atoms with Gasteiger partial charge in [-0.3, -0.25) is 0 Å². The smallest absolute Gasteiger partial charge is 0.130 e. The molecule has 1 nitrogen and oxygen atoms in total. The number of fused-ring (bicyclic) bond motifs is 1. The molecule has 0 saturated carbocycles. The van der Waals surface area contributed by atoms with Crippen LogP contribution in [-0.2, 0) is 38.0 Å². The molecule has 4 rings (SSSR count). The topological polar surface area (TPSA) is 13.1 Å². The summed E-state index contributed by atoms with van der Waals surface area (Å²) in [6.45, 7) is 13.2. The third-order valence-electron chi connectivity index (χ3n) is 5.77. The van der Waals surface area contributed by atoms with Gasteiger partial charge in [0.2, 0.25) is 0 Å². The number of furan rings is 1. The molecule has 0 N–H and O–H groups in total. The van der Waals surface area contributed by atoms with Crippen molar-refractivity contribution in [2.45, 2.75) is 53.4 Å². The Labute approximate surface area is 188 Å². The van der Waals surface area contributed by atoms with E-state index in [0.29, 0.717) is 0 Å². The van der Waals surface area contributed by atoms with Crippen molar-refractivity contribution in [3.8, 4) is 11.1 Å². The summed E-state index contributed by atoms with van der Waals surface area (Å²) in [5, 5.41) is 0. The van der Waals surface area contributed by atoms with Gasteiger partial charge in [-0.05, 0) is 88.9 Å². The molecular weight excluding hydrogens is 420 g/mol. The van der Waals surface area contributed by atoms with Crippen molar-refractivity contribution in [3.63, 3.8) is 0 Å². The van der Waals surface area contributed by atoms with Gasteiger partial charge in [0, 0.05) is 32.6 Å². The SMILES string of the molecule is Cc1ccc(C2=Cc3c(cc(C)c(C)c3-c3ccc(C(C)(C)C)cc3)C2)o1.[Zr]. The zero-order valence-electron chi connectivity index (χ0n) is 17.7. The first kappa shape index (κ1) is 21.1. The normalized spacial score (nSPS) is 13.1. The van der Waals surface area contributed by atoms with Crippen LogP contribution in [0.5, 0.6) is 0 Å². The van der Waals surface area contributed by atoms with E-state index in [1.165, 1.54) is 44.5 Å². The second-order valence-corrected chi connectivity index (χ2v) is 8.85. The fourth-order valence-corrected chi connectivity index (χ4v) is 4.02. The van der Waals surface area contributed by atoms with Crippen LogP contribution in [0.4, 0.5) is 0 Å².